The molecular weight excluding hydrogens is 284 g/mol. The Balaban J connectivity index is 1.87. The standard InChI is InChI=1S/C16H26N2O2S/c1-12(14-8-6-10-21-14)17-13-7-5-9-18(11-13)15(19)20-16(2,3)4/h6,8,10,12-13,17H,5,7,9,11H2,1-4H3/t12?,13-/m0/s1. The molecule has 5 heteroatoms. The number of thiophene rings is 1. The molecule has 1 saturated heterocycles. The van der Waals surface area contributed by atoms with Crippen molar-refractivity contribution >= 4 is 17.4 Å². The van der Waals surface area contributed by atoms with Gasteiger partial charge in [0.25, 0.3) is 0 Å². The molecule has 1 aliphatic rings. The first-order valence-electron chi connectivity index (χ1n) is 7.62. The van der Waals surface area contributed by atoms with E-state index in [4.69, 9.17) is 4.74 Å². The average molecular weight is 310 g/mol. The van der Waals surface area contributed by atoms with Gasteiger partial charge in [-0.1, -0.05) is 6.07 Å². The summed E-state index contributed by atoms with van der Waals surface area (Å²) in [7, 11) is 0. The SMILES string of the molecule is CC(N[C@H]1CCCN(C(=O)OC(C)(C)C)C1)c1cccs1. The molecule has 1 aromatic heterocycles. The number of carbonyl (C=O) groups excluding carboxylic acids is 1. The zero-order chi connectivity index (χ0) is 15.5. The summed E-state index contributed by atoms with van der Waals surface area (Å²) in [4.78, 5) is 15.3. The maximum atomic E-state index is 12.2. The summed E-state index contributed by atoms with van der Waals surface area (Å²) >= 11 is 1.77. The van der Waals surface area contributed by atoms with Crippen molar-refractivity contribution in [3.05, 3.63) is 22.4 Å². The highest BCUT2D eigenvalue weighted by Crippen LogP contribution is 2.21. The van der Waals surface area contributed by atoms with Gasteiger partial charge in [-0.3, -0.25) is 0 Å². The number of likely N-dealkylation sites (tertiary alicyclic amines) is 1. The molecule has 0 radical (unpaired) electrons. The molecule has 1 aliphatic heterocycles. The Labute approximate surface area is 131 Å². The van der Waals surface area contributed by atoms with Crippen molar-refractivity contribution in [3.63, 3.8) is 0 Å². The smallest absolute Gasteiger partial charge is 0.410 e. The molecule has 1 aromatic rings. The van der Waals surface area contributed by atoms with Crippen LogP contribution in [0.25, 0.3) is 0 Å². The largest absolute Gasteiger partial charge is 0.444 e. The third-order valence-electron chi connectivity index (χ3n) is 3.53. The summed E-state index contributed by atoms with van der Waals surface area (Å²) in [5.74, 6) is 0. The Morgan fingerprint density at radius 3 is 2.90 bits per heavy atom. The molecule has 1 unspecified atom stereocenters. The zero-order valence-corrected chi connectivity index (χ0v) is 14.2. The lowest BCUT2D eigenvalue weighted by molar-refractivity contribution is 0.0184. The lowest BCUT2D eigenvalue weighted by atomic mass is 10.0. The van der Waals surface area contributed by atoms with Gasteiger partial charge in [-0.2, -0.15) is 0 Å². The second-order valence-electron chi connectivity index (χ2n) is 6.67. The topological polar surface area (TPSA) is 41.6 Å². The third kappa shape index (κ3) is 5.00. The van der Waals surface area contributed by atoms with E-state index in [9.17, 15) is 4.79 Å². The maximum absolute atomic E-state index is 12.2. The molecule has 0 saturated carbocycles. The number of carbonyl (C=O) groups is 1. The predicted octanol–water partition coefficient (Wildman–Crippen LogP) is 3.80. The minimum Gasteiger partial charge on any atom is -0.444 e. The number of ether oxygens (including phenoxy) is 1. The Morgan fingerprint density at radius 2 is 2.29 bits per heavy atom. The molecule has 2 heterocycles. The van der Waals surface area contributed by atoms with Crippen LogP contribution < -0.4 is 5.32 Å². The number of hydrogen-bond acceptors (Lipinski definition) is 4. The van der Waals surface area contributed by atoms with Crippen molar-refractivity contribution in [3.8, 4) is 0 Å². The molecule has 1 N–H and O–H groups in total. The molecule has 2 rings (SSSR count). The molecule has 1 fully saturated rings. The first kappa shape index (κ1) is 16.3. The second-order valence-corrected chi connectivity index (χ2v) is 7.65. The predicted molar refractivity (Wildman–Crippen MR) is 86.7 cm³/mol. The Bertz CT molecular complexity index is 453. The quantitative estimate of drug-likeness (QED) is 0.923. The summed E-state index contributed by atoms with van der Waals surface area (Å²) in [6, 6.07) is 4.89. The van der Waals surface area contributed by atoms with Gasteiger partial charge >= 0.3 is 6.09 Å². The number of nitrogens with zero attached hydrogens (tertiary/aromatic N) is 1. The van der Waals surface area contributed by atoms with Crippen LogP contribution in [0.1, 0.15) is 51.5 Å². The highest BCUT2D eigenvalue weighted by atomic mass is 32.1. The first-order chi connectivity index (χ1) is 9.85. The van der Waals surface area contributed by atoms with E-state index in [0.29, 0.717) is 12.1 Å². The zero-order valence-electron chi connectivity index (χ0n) is 13.4. The molecule has 0 aromatic carbocycles. The van der Waals surface area contributed by atoms with E-state index < -0.39 is 5.60 Å². The van der Waals surface area contributed by atoms with E-state index >= 15 is 0 Å². The molecule has 1 amide bonds. The normalized spacial score (nSPS) is 21.1. The molecule has 0 bridgehead atoms. The second kappa shape index (κ2) is 6.79. The molecule has 2 atom stereocenters. The van der Waals surface area contributed by atoms with Crippen LogP contribution in [0.5, 0.6) is 0 Å². The van der Waals surface area contributed by atoms with E-state index in [-0.39, 0.29) is 6.09 Å². The van der Waals surface area contributed by atoms with Crippen LogP contribution in [0.2, 0.25) is 0 Å². The van der Waals surface area contributed by atoms with Gasteiger partial charge in [0.15, 0.2) is 0 Å². The van der Waals surface area contributed by atoms with Crippen LogP contribution in [0.3, 0.4) is 0 Å². The molecule has 0 aliphatic carbocycles. The van der Waals surface area contributed by atoms with E-state index in [0.717, 1.165) is 25.9 Å². The van der Waals surface area contributed by atoms with Crippen molar-refractivity contribution in [2.45, 2.75) is 58.2 Å². The van der Waals surface area contributed by atoms with Gasteiger partial charge in [-0.15, -0.1) is 11.3 Å². The highest BCUT2D eigenvalue weighted by molar-refractivity contribution is 7.10. The number of nitrogens with one attached hydrogen (secondary N) is 1. The highest BCUT2D eigenvalue weighted by Gasteiger charge is 2.28. The van der Waals surface area contributed by atoms with Crippen molar-refractivity contribution in [1.82, 2.24) is 10.2 Å². The average Bonchev–Trinajstić information content (AvgIpc) is 2.91. The first-order valence-corrected chi connectivity index (χ1v) is 8.50. The molecule has 118 valence electrons. The van der Waals surface area contributed by atoms with E-state index in [2.05, 4.69) is 29.8 Å². The van der Waals surface area contributed by atoms with Crippen molar-refractivity contribution < 1.29 is 9.53 Å². The van der Waals surface area contributed by atoms with E-state index in [1.165, 1.54) is 4.88 Å². The van der Waals surface area contributed by atoms with Gasteiger partial charge in [0, 0.05) is 30.1 Å². The van der Waals surface area contributed by atoms with Crippen LogP contribution >= 0.6 is 11.3 Å². The Hall–Kier alpha value is -1.07. The minimum atomic E-state index is -0.429. The van der Waals surface area contributed by atoms with Gasteiger partial charge < -0.3 is 15.0 Å². The minimum absolute atomic E-state index is 0.197. The summed E-state index contributed by atoms with van der Waals surface area (Å²) in [6.45, 7) is 9.42. The van der Waals surface area contributed by atoms with E-state index in [1.54, 1.807) is 11.3 Å². The monoisotopic (exact) mass is 310 g/mol. The van der Waals surface area contributed by atoms with Gasteiger partial charge in [0.05, 0.1) is 0 Å². The lowest BCUT2D eigenvalue weighted by Crippen LogP contribution is -2.49. The van der Waals surface area contributed by atoms with Crippen LogP contribution in [-0.4, -0.2) is 35.7 Å². The summed E-state index contributed by atoms with van der Waals surface area (Å²) in [5.41, 5.74) is -0.429. The van der Waals surface area contributed by atoms with Crippen LogP contribution in [0.4, 0.5) is 4.79 Å². The third-order valence-corrected chi connectivity index (χ3v) is 4.58. The summed E-state index contributed by atoms with van der Waals surface area (Å²) in [5, 5.41) is 5.73. The molecule has 0 spiro atoms. The fourth-order valence-corrected chi connectivity index (χ4v) is 3.32. The Morgan fingerprint density at radius 1 is 1.52 bits per heavy atom. The number of hydrogen-bond donors (Lipinski definition) is 1. The van der Waals surface area contributed by atoms with Crippen LogP contribution in [0.15, 0.2) is 17.5 Å². The summed E-state index contributed by atoms with van der Waals surface area (Å²) < 4.78 is 5.46. The summed E-state index contributed by atoms with van der Waals surface area (Å²) in [6.07, 6.45) is 1.93. The molecule has 4 nitrogen and oxygen atoms in total. The molecular formula is C16H26N2O2S. The van der Waals surface area contributed by atoms with Crippen molar-refractivity contribution in [2.75, 3.05) is 13.1 Å². The van der Waals surface area contributed by atoms with Gasteiger partial charge in [-0.25, -0.2) is 4.79 Å². The van der Waals surface area contributed by atoms with Gasteiger partial charge in [0.2, 0.25) is 0 Å². The van der Waals surface area contributed by atoms with E-state index in [1.807, 2.05) is 25.7 Å². The number of piperidine rings is 1. The fraction of sp³-hybridized carbons (Fsp3) is 0.688. The van der Waals surface area contributed by atoms with Crippen molar-refractivity contribution in [1.29, 1.82) is 0 Å². The maximum Gasteiger partial charge on any atom is 0.410 e. The lowest BCUT2D eigenvalue weighted by Gasteiger charge is -2.35. The number of rotatable bonds is 3. The Kier molecular flexibility index (Phi) is 5.27. The van der Waals surface area contributed by atoms with Gasteiger partial charge in [0.1, 0.15) is 5.60 Å². The number of amides is 1. The van der Waals surface area contributed by atoms with Crippen LogP contribution in [-0.2, 0) is 4.74 Å². The fourth-order valence-electron chi connectivity index (χ4n) is 2.58. The van der Waals surface area contributed by atoms with Crippen molar-refractivity contribution in [2.24, 2.45) is 0 Å². The molecule has 21 heavy (non-hydrogen) atoms. The van der Waals surface area contributed by atoms with Crippen LogP contribution in [0, 0.1) is 0 Å². The van der Waals surface area contributed by atoms with Gasteiger partial charge in [-0.05, 0) is 52.0 Å².